The Balaban J connectivity index is 1.86. The van der Waals surface area contributed by atoms with Gasteiger partial charge in [0.05, 0.1) is 18.4 Å². The second kappa shape index (κ2) is 10.6. The van der Waals surface area contributed by atoms with E-state index in [2.05, 4.69) is 34.3 Å². The summed E-state index contributed by atoms with van der Waals surface area (Å²) in [5.74, 6) is 2.17. The summed E-state index contributed by atoms with van der Waals surface area (Å²) in [6.45, 7) is 6.47. The van der Waals surface area contributed by atoms with Crippen molar-refractivity contribution >= 4 is 29.3 Å². The largest absolute Gasteiger partial charge is 0.496 e. The maximum Gasteiger partial charge on any atom is 0.230 e. The van der Waals surface area contributed by atoms with E-state index in [1.165, 1.54) is 18.2 Å². The Labute approximate surface area is 169 Å². The van der Waals surface area contributed by atoms with Crippen molar-refractivity contribution in [2.75, 3.05) is 12.9 Å². The summed E-state index contributed by atoms with van der Waals surface area (Å²) in [5.41, 5.74) is 0.729. The molecule has 6 nitrogen and oxygen atoms in total. The van der Waals surface area contributed by atoms with Crippen molar-refractivity contribution in [3.05, 3.63) is 23.2 Å². The summed E-state index contributed by atoms with van der Waals surface area (Å²) in [5, 5.41) is 11.2. The van der Waals surface area contributed by atoms with Gasteiger partial charge in [-0.15, -0.1) is 5.10 Å². The molecule has 148 valence electrons. The van der Waals surface area contributed by atoms with Gasteiger partial charge in [-0.05, 0) is 37.5 Å². The van der Waals surface area contributed by atoms with Crippen molar-refractivity contribution in [1.82, 2.24) is 20.5 Å². The Morgan fingerprint density at radius 3 is 2.81 bits per heavy atom. The van der Waals surface area contributed by atoms with E-state index in [4.69, 9.17) is 16.3 Å². The number of benzene rings is 1. The molecule has 0 aliphatic rings. The molecule has 1 amide bonds. The summed E-state index contributed by atoms with van der Waals surface area (Å²) < 4.78 is 5.34. The van der Waals surface area contributed by atoms with Crippen LogP contribution in [0.2, 0.25) is 5.02 Å². The van der Waals surface area contributed by atoms with E-state index in [0.717, 1.165) is 18.4 Å². The minimum Gasteiger partial charge on any atom is -0.496 e. The van der Waals surface area contributed by atoms with Crippen LogP contribution in [-0.4, -0.2) is 40.0 Å². The quantitative estimate of drug-likeness (QED) is 0.561. The fourth-order valence-corrected chi connectivity index (χ4v) is 3.43. The molecular weight excluding hydrogens is 384 g/mol. The molecule has 0 spiro atoms. The van der Waals surface area contributed by atoms with Crippen LogP contribution in [0.3, 0.4) is 0 Å². The number of ether oxygens (including phenoxy) is 1. The van der Waals surface area contributed by atoms with E-state index in [1.54, 1.807) is 25.3 Å². The average molecular weight is 411 g/mol. The smallest absolute Gasteiger partial charge is 0.230 e. The molecule has 0 aliphatic carbocycles. The highest BCUT2D eigenvalue weighted by Crippen LogP contribution is 2.31. The van der Waals surface area contributed by atoms with Gasteiger partial charge in [0.2, 0.25) is 11.1 Å². The standard InChI is InChI=1S/C19H27ClN4O2S/c1-12(2)6-5-7-13(3)21-17(25)11-27-19-22-18(23-24-19)15-10-14(20)8-9-16(15)26-4/h8-10,12-13H,5-7,11H2,1-4H3,(H,21,25)(H,22,23,24)/t13-/m0/s1. The van der Waals surface area contributed by atoms with Gasteiger partial charge in [0, 0.05) is 11.1 Å². The molecule has 1 heterocycles. The molecule has 0 saturated heterocycles. The van der Waals surface area contributed by atoms with E-state index in [-0.39, 0.29) is 17.7 Å². The first-order valence-corrected chi connectivity index (χ1v) is 10.4. The molecule has 0 fully saturated rings. The van der Waals surface area contributed by atoms with Crippen LogP contribution in [0.1, 0.15) is 40.0 Å². The number of rotatable bonds is 10. The lowest BCUT2D eigenvalue weighted by molar-refractivity contribution is -0.119. The first-order chi connectivity index (χ1) is 12.9. The lowest BCUT2D eigenvalue weighted by Gasteiger charge is -2.14. The van der Waals surface area contributed by atoms with Gasteiger partial charge < -0.3 is 10.1 Å². The van der Waals surface area contributed by atoms with E-state index >= 15 is 0 Å². The van der Waals surface area contributed by atoms with Gasteiger partial charge in [-0.1, -0.05) is 50.1 Å². The molecular formula is C19H27ClN4O2S. The minimum atomic E-state index is -0.0104. The Kier molecular flexibility index (Phi) is 8.44. The molecule has 2 rings (SSSR count). The van der Waals surface area contributed by atoms with Crippen LogP contribution >= 0.6 is 23.4 Å². The van der Waals surface area contributed by atoms with Gasteiger partial charge in [0.1, 0.15) is 5.75 Å². The number of carbonyl (C=O) groups is 1. The highest BCUT2D eigenvalue weighted by Gasteiger charge is 2.14. The third kappa shape index (κ3) is 7.07. The van der Waals surface area contributed by atoms with Crippen molar-refractivity contribution in [3.8, 4) is 17.1 Å². The topological polar surface area (TPSA) is 79.9 Å². The molecule has 1 aromatic heterocycles. The molecule has 2 aromatic rings. The number of hydrogen-bond donors (Lipinski definition) is 2. The van der Waals surface area contributed by atoms with Crippen molar-refractivity contribution in [1.29, 1.82) is 0 Å². The third-order valence-electron chi connectivity index (χ3n) is 4.04. The van der Waals surface area contributed by atoms with E-state index in [0.29, 0.717) is 27.7 Å². The molecule has 0 bridgehead atoms. The summed E-state index contributed by atoms with van der Waals surface area (Å²) in [6.07, 6.45) is 3.30. The second-order valence-corrected chi connectivity index (χ2v) is 8.27. The van der Waals surface area contributed by atoms with Crippen molar-refractivity contribution < 1.29 is 9.53 Å². The number of nitrogens with one attached hydrogen (secondary N) is 2. The number of H-pyrrole nitrogens is 1. The lowest BCUT2D eigenvalue weighted by atomic mass is 10.0. The SMILES string of the molecule is COc1ccc(Cl)cc1-c1nc(SCC(=O)N[C@@H](C)CCCC(C)C)n[nH]1. The fraction of sp³-hybridized carbons (Fsp3) is 0.526. The summed E-state index contributed by atoms with van der Waals surface area (Å²) in [6, 6.07) is 5.47. The van der Waals surface area contributed by atoms with Crippen LogP contribution in [0.5, 0.6) is 5.75 Å². The Bertz CT molecular complexity index is 751. The predicted octanol–water partition coefficient (Wildman–Crippen LogP) is 4.56. The van der Waals surface area contributed by atoms with Gasteiger partial charge in [0.15, 0.2) is 5.82 Å². The monoisotopic (exact) mass is 410 g/mol. The first kappa shape index (κ1) is 21.6. The number of nitrogens with zero attached hydrogens (tertiary/aromatic N) is 2. The molecule has 0 unspecified atom stereocenters. The van der Waals surface area contributed by atoms with Crippen molar-refractivity contribution in [3.63, 3.8) is 0 Å². The van der Waals surface area contributed by atoms with E-state index < -0.39 is 0 Å². The number of aromatic nitrogens is 3. The normalized spacial score (nSPS) is 12.2. The van der Waals surface area contributed by atoms with Crippen LogP contribution in [0.4, 0.5) is 0 Å². The zero-order chi connectivity index (χ0) is 19.8. The molecule has 0 radical (unpaired) electrons. The Hall–Kier alpha value is -1.73. The van der Waals surface area contributed by atoms with Crippen LogP contribution in [0, 0.1) is 5.92 Å². The highest BCUT2D eigenvalue weighted by atomic mass is 35.5. The maximum absolute atomic E-state index is 12.1. The average Bonchev–Trinajstić information content (AvgIpc) is 3.08. The number of methoxy groups -OCH3 is 1. The molecule has 0 saturated carbocycles. The molecule has 1 atom stereocenters. The van der Waals surface area contributed by atoms with E-state index in [9.17, 15) is 4.79 Å². The summed E-state index contributed by atoms with van der Waals surface area (Å²) in [4.78, 5) is 16.5. The number of amides is 1. The Morgan fingerprint density at radius 2 is 2.11 bits per heavy atom. The summed E-state index contributed by atoms with van der Waals surface area (Å²) >= 11 is 7.35. The predicted molar refractivity (Wildman–Crippen MR) is 110 cm³/mol. The first-order valence-electron chi connectivity index (χ1n) is 9.07. The van der Waals surface area contributed by atoms with E-state index in [1.807, 2.05) is 6.92 Å². The molecule has 2 N–H and O–H groups in total. The Morgan fingerprint density at radius 1 is 1.33 bits per heavy atom. The van der Waals surface area contributed by atoms with Crippen LogP contribution in [-0.2, 0) is 4.79 Å². The number of aromatic amines is 1. The highest BCUT2D eigenvalue weighted by molar-refractivity contribution is 7.99. The van der Waals surface area contributed by atoms with Crippen LogP contribution in [0.25, 0.3) is 11.4 Å². The van der Waals surface area contributed by atoms with Crippen molar-refractivity contribution in [2.45, 2.75) is 51.2 Å². The summed E-state index contributed by atoms with van der Waals surface area (Å²) in [7, 11) is 1.59. The zero-order valence-corrected chi connectivity index (χ0v) is 17.8. The number of hydrogen-bond acceptors (Lipinski definition) is 5. The molecule has 8 heteroatoms. The number of thioether (sulfide) groups is 1. The second-order valence-electron chi connectivity index (χ2n) is 6.89. The molecule has 27 heavy (non-hydrogen) atoms. The molecule has 0 aliphatic heterocycles. The van der Waals surface area contributed by atoms with Crippen molar-refractivity contribution in [2.24, 2.45) is 5.92 Å². The van der Waals surface area contributed by atoms with Crippen LogP contribution < -0.4 is 10.1 Å². The van der Waals surface area contributed by atoms with Gasteiger partial charge >= 0.3 is 0 Å². The van der Waals surface area contributed by atoms with Gasteiger partial charge in [0.25, 0.3) is 0 Å². The minimum absolute atomic E-state index is 0.0104. The van der Waals surface area contributed by atoms with Gasteiger partial charge in [-0.25, -0.2) is 4.98 Å². The fourth-order valence-electron chi connectivity index (χ4n) is 2.65. The van der Waals surface area contributed by atoms with Gasteiger partial charge in [-0.3, -0.25) is 9.89 Å². The third-order valence-corrected chi connectivity index (χ3v) is 5.12. The number of halogens is 1. The van der Waals surface area contributed by atoms with Gasteiger partial charge in [-0.2, -0.15) is 0 Å². The number of carbonyl (C=O) groups excluding carboxylic acids is 1. The van der Waals surface area contributed by atoms with Crippen LogP contribution in [0.15, 0.2) is 23.4 Å². The lowest BCUT2D eigenvalue weighted by Crippen LogP contribution is -2.33. The zero-order valence-electron chi connectivity index (χ0n) is 16.2. The maximum atomic E-state index is 12.1. The molecule has 1 aromatic carbocycles.